The third-order valence-electron chi connectivity index (χ3n) is 5.44. The summed E-state index contributed by atoms with van der Waals surface area (Å²) in [5.74, 6) is 0.329. The zero-order valence-electron chi connectivity index (χ0n) is 19.0. The Morgan fingerprint density at radius 1 is 1.09 bits per heavy atom. The number of methoxy groups -OCH3 is 1. The molecule has 0 aliphatic rings. The molecule has 4 rings (SSSR count). The molecule has 2 heterocycles. The van der Waals surface area contributed by atoms with E-state index in [0.29, 0.717) is 22.8 Å². The minimum absolute atomic E-state index is 0.219. The predicted octanol–water partition coefficient (Wildman–Crippen LogP) is 3.37. The first-order valence-corrected chi connectivity index (χ1v) is 10.5. The molecule has 9 heteroatoms. The van der Waals surface area contributed by atoms with Crippen molar-refractivity contribution in [2.75, 3.05) is 7.11 Å². The molecule has 168 valence electrons. The van der Waals surface area contributed by atoms with Crippen molar-refractivity contribution in [2.45, 2.75) is 33.4 Å². The minimum atomic E-state index is -0.322. The number of benzene rings is 2. The molecule has 9 nitrogen and oxygen atoms in total. The first-order chi connectivity index (χ1) is 16.0. The molecule has 1 amide bonds. The summed E-state index contributed by atoms with van der Waals surface area (Å²) >= 11 is 0. The molecule has 0 unspecified atom stereocenters. The van der Waals surface area contributed by atoms with Crippen LogP contribution in [0.5, 0.6) is 0 Å². The maximum absolute atomic E-state index is 13.2. The third-order valence-corrected chi connectivity index (χ3v) is 5.44. The Morgan fingerprint density at radius 2 is 1.88 bits per heavy atom. The Bertz CT molecular complexity index is 1250. The van der Waals surface area contributed by atoms with Crippen molar-refractivity contribution >= 4 is 5.91 Å². The second kappa shape index (κ2) is 9.66. The van der Waals surface area contributed by atoms with Crippen LogP contribution < -0.4 is 5.32 Å². The fourth-order valence-electron chi connectivity index (χ4n) is 3.45. The fraction of sp³-hybridized carbons (Fsp3) is 0.250. The lowest BCUT2D eigenvalue weighted by molar-refractivity contribution is 0.0949. The molecule has 0 aliphatic carbocycles. The van der Waals surface area contributed by atoms with Gasteiger partial charge in [-0.05, 0) is 60.0 Å². The van der Waals surface area contributed by atoms with Gasteiger partial charge in [0, 0.05) is 18.9 Å². The highest BCUT2D eigenvalue weighted by atomic mass is 16.5. The van der Waals surface area contributed by atoms with E-state index < -0.39 is 0 Å². The molecule has 0 saturated carbocycles. The van der Waals surface area contributed by atoms with Gasteiger partial charge >= 0.3 is 0 Å². The number of carbonyl (C=O) groups excluding carboxylic acids is 1. The number of amides is 1. The number of tetrazole rings is 1. The van der Waals surface area contributed by atoms with E-state index in [4.69, 9.17) is 4.74 Å². The van der Waals surface area contributed by atoms with Crippen LogP contribution in [0.25, 0.3) is 16.8 Å². The van der Waals surface area contributed by atoms with Crippen molar-refractivity contribution in [1.29, 1.82) is 0 Å². The lowest BCUT2D eigenvalue weighted by Crippen LogP contribution is -2.25. The molecule has 2 aromatic heterocycles. The summed E-state index contributed by atoms with van der Waals surface area (Å²) in [6.07, 6.45) is 3.02. The lowest BCUT2D eigenvalue weighted by Gasteiger charge is -2.17. The van der Waals surface area contributed by atoms with Gasteiger partial charge in [-0.2, -0.15) is 4.68 Å². The lowest BCUT2D eigenvalue weighted by atomic mass is 9.97. The van der Waals surface area contributed by atoms with E-state index in [9.17, 15) is 4.79 Å². The number of ether oxygens (including phenoxy) is 1. The number of aromatic nitrogens is 6. The van der Waals surface area contributed by atoms with Crippen LogP contribution in [0, 0.1) is 13.8 Å². The number of rotatable bonds is 7. The Kier molecular flexibility index (Phi) is 6.50. The zero-order chi connectivity index (χ0) is 23.4. The molecule has 1 atom stereocenters. The van der Waals surface area contributed by atoms with E-state index in [2.05, 4.69) is 30.8 Å². The van der Waals surface area contributed by atoms with Gasteiger partial charge in [-0.1, -0.05) is 30.3 Å². The third kappa shape index (κ3) is 4.78. The van der Waals surface area contributed by atoms with E-state index in [-0.39, 0.29) is 18.6 Å². The molecule has 33 heavy (non-hydrogen) atoms. The topological polar surface area (TPSA) is 108 Å². The second-order valence-electron chi connectivity index (χ2n) is 7.69. The van der Waals surface area contributed by atoms with Crippen LogP contribution in [0.3, 0.4) is 0 Å². The average Bonchev–Trinajstić information content (AvgIpc) is 3.33. The molecule has 2 aromatic carbocycles. The van der Waals surface area contributed by atoms with Crippen molar-refractivity contribution in [1.82, 2.24) is 35.5 Å². The van der Waals surface area contributed by atoms with Gasteiger partial charge in [-0.3, -0.25) is 14.8 Å². The van der Waals surface area contributed by atoms with Crippen LogP contribution in [0.4, 0.5) is 0 Å². The van der Waals surface area contributed by atoms with Crippen molar-refractivity contribution < 1.29 is 9.53 Å². The molecule has 0 fully saturated rings. The standard InChI is InChI=1S/C24H25N7O2/c1-15-12-26-20(13-25-15)14-27-24(32)21-10-19(18-8-6-5-7-9-18)11-22(16(21)2)31-23(17(3)33-4)28-29-30-31/h5-13,17H,14H2,1-4H3,(H,27,32)/t17-/m1/s1. The molecular formula is C24H25N7O2. The highest BCUT2D eigenvalue weighted by molar-refractivity contribution is 5.98. The normalized spacial score (nSPS) is 11.9. The number of nitrogens with zero attached hydrogens (tertiary/aromatic N) is 6. The average molecular weight is 444 g/mol. The smallest absolute Gasteiger partial charge is 0.251 e. The van der Waals surface area contributed by atoms with Gasteiger partial charge in [0.2, 0.25) is 0 Å². The Balaban J connectivity index is 1.76. The number of carbonyl (C=O) groups is 1. The van der Waals surface area contributed by atoms with Gasteiger partial charge in [-0.25, -0.2) is 0 Å². The second-order valence-corrected chi connectivity index (χ2v) is 7.69. The van der Waals surface area contributed by atoms with Crippen LogP contribution >= 0.6 is 0 Å². The minimum Gasteiger partial charge on any atom is -0.374 e. The van der Waals surface area contributed by atoms with Crippen LogP contribution in [-0.2, 0) is 11.3 Å². The predicted molar refractivity (Wildman–Crippen MR) is 123 cm³/mol. The van der Waals surface area contributed by atoms with Gasteiger partial charge in [0.1, 0.15) is 6.10 Å². The molecular weight excluding hydrogens is 418 g/mol. The van der Waals surface area contributed by atoms with Gasteiger partial charge in [-0.15, -0.1) is 5.10 Å². The molecule has 4 aromatic rings. The SMILES string of the molecule is CO[C@H](C)c1nnnn1-c1cc(-c2ccccc2)cc(C(=O)NCc2cnc(C)cn2)c1C. The van der Waals surface area contributed by atoms with Crippen molar-refractivity contribution in [2.24, 2.45) is 0 Å². The maximum Gasteiger partial charge on any atom is 0.251 e. The van der Waals surface area contributed by atoms with E-state index in [1.54, 1.807) is 24.2 Å². The number of aryl methyl sites for hydroxylation is 1. The zero-order valence-corrected chi connectivity index (χ0v) is 19.0. The highest BCUT2D eigenvalue weighted by Crippen LogP contribution is 2.29. The Hall–Kier alpha value is -3.98. The summed E-state index contributed by atoms with van der Waals surface area (Å²) in [6.45, 7) is 5.89. The number of hydrogen-bond acceptors (Lipinski definition) is 7. The van der Waals surface area contributed by atoms with Crippen molar-refractivity contribution in [3.05, 3.63) is 83.2 Å². The van der Waals surface area contributed by atoms with Crippen LogP contribution in [-0.4, -0.2) is 43.2 Å². The van der Waals surface area contributed by atoms with Crippen molar-refractivity contribution in [3.8, 4) is 16.8 Å². The van der Waals surface area contributed by atoms with Crippen LogP contribution in [0.2, 0.25) is 0 Å². The number of nitrogens with one attached hydrogen (secondary N) is 1. The molecule has 0 radical (unpaired) electrons. The molecule has 0 bridgehead atoms. The van der Waals surface area contributed by atoms with E-state index in [0.717, 1.165) is 22.4 Å². The molecule has 1 N–H and O–H groups in total. The largest absolute Gasteiger partial charge is 0.374 e. The van der Waals surface area contributed by atoms with Gasteiger partial charge < -0.3 is 10.1 Å². The van der Waals surface area contributed by atoms with Crippen LogP contribution in [0.1, 0.15) is 46.2 Å². The molecule has 0 spiro atoms. The Morgan fingerprint density at radius 3 is 2.58 bits per heavy atom. The van der Waals surface area contributed by atoms with Gasteiger partial charge in [0.15, 0.2) is 5.82 Å². The van der Waals surface area contributed by atoms with Gasteiger partial charge in [0.05, 0.1) is 29.8 Å². The summed E-state index contributed by atoms with van der Waals surface area (Å²) in [7, 11) is 1.60. The van der Waals surface area contributed by atoms with E-state index >= 15 is 0 Å². The van der Waals surface area contributed by atoms with E-state index in [1.165, 1.54) is 0 Å². The summed E-state index contributed by atoms with van der Waals surface area (Å²) in [5, 5.41) is 15.1. The Labute approximate surface area is 191 Å². The summed E-state index contributed by atoms with van der Waals surface area (Å²) in [5.41, 5.74) is 5.35. The molecule has 0 saturated heterocycles. The summed E-state index contributed by atoms with van der Waals surface area (Å²) < 4.78 is 7.05. The molecule has 0 aliphatic heterocycles. The maximum atomic E-state index is 13.2. The van der Waals surface area contributed by atoms with E-state index in [1.807, 2.05) is 63.2 Å². The first kappa shape index (κ1) is 22.2. The van der Waals surface area contributed by atoms with Gasteiger partial charge in [0.25, 0.3) is 5.91 Å². The summed E-state index contributed by atoms with van der Waals surface area (Å²) in [4.78, 5) is 21.8. The van der Waals surface area contributed by atoms with Crippen molar-refractivity contribution in [3.63, 3.8) is 0 Å². The first-order valence-electron chi connectivity index (χ1n) is 10.5. The fourth-order valence-corrected chi connectivity index (χ4v) is 3.45. The van der Waals surface area contributed by atoms with Crippen LogP contribution in [0.15, 0.2) is 54.9 Å². The highest BCUT2D eigenvalue weighted by Gasteiger charge is 2.21. The number of hydrogen-bond donors (Lipinski definition) is 1. The monoisotopic (exact) mass is 443 g/mol. The summed E-state index contributed by atoms with van der Waals surface area (Å²) in [6, 6.07) is 13.7. The quantitative estimate of drug-likeness (QED) is 0.466.